The van der Waals surface area contributed by atoms with Gasteiger partial charge in [0.15, 0.2) is 5.78 Å². The number of amides is 1. The molecule has 2 atom stereocenters. The molecular weight excluding hydrogens is 384 g/mol. The Morgan fingerprint density at radius 1 is 1.00 bits per heavy atom. The molecule has 0 spiro atoms. The van der Waals surface area contributed by atoms with Crippen LogP contribution in [-0.2, 0) is 16.0 Å². The van der Waals surface area contributed by atoms with Gasteiger partial charge in [-0.25, -0.2) is 9.59 Å². The maximum Gasteiger partial charge on any atom is 0.408 e. The minimum atomic E-state index is -0.820. The van der Waals surface area contributed by atoms with Gasteiger partial charge in [0.05, 0.1) is 6.04 Å². The summed E-state index contributed by atoms with van der Waals surface area (Å²) in [6, 6.07) is 13.9. The molecule has 0 radical (unpaired) electrons. The molecule has 0 aliphatic carbocycles. The third-order valence-electron chi connectivity index (χ3n) is 4.02. The van der Waals surface area contributed by atoms with Crippen LogP contribution in [-0.4, -0.2) is 35.5 Å². The van der Waals surface area contributed by atoms with E-state index < -0.39 is 29.7 Å². The van der Waals surface area contributed by atoms with Gasteiger partial charge in [-0.3, -0.25) is 4.79 Å². The van der Waals surface area contributed by atoms with Crippen LogP contribution in [0.2, 0.25) is 0 Å². The number of rotatable bonds is 7. The maximum atomic E-state index is 13.1. The normalized spacial score (nSPS) is 13.1. The molecule has 7 heteroatoms. The van der Waals surface area contributed by atoms with Crippen LogP contribution in [0.4, 0.5) is 4.79 Å². The van der Waals surface area contributed by atoms with Gasteiger partial charge in [-0.1, -0.05) is 30.3 Å². The highest BCUT2D eigenvalue weighted by Gasteiger charge is 2.25. The number of alkyl carbamates (subject to hydrolysis) is 1. The van der Waals surface area contributed by atoms with E-state index in [0.29, 0.717) is 12.0 Å². The van der Waals surface area contributed by atoms with Crippen LogP contribution in [0.15, 0.2) is 54.6 Å². The SMILES string of the molecule is C[C@H](N)C(=O)Oc1ccc(C(=O)[C@@H](Cc2ccccc2)NC(=O)OC(C)(C)C)cc1. The van der Waals surface area contributed by atoms with Crippen molar-refractivity contribution in [3.63, 3.8) is 0 Å². The number of Topliss-reactive ketones (excluding diaryl/α,β-unsaturated/α-hetero) is 1. The molecule has 1 amide bonds. The summed E-state index contributed by atoms with van der Waals surface area (Å²) in [6.45, 7) is 6.78. The molecule has 30 heavy (non-hydrogen) atoms. The van der Waals surface area contributed by atoms with Gasteiger partial charge >= 0.3 is 12.1 Å². The number of benzene rings is 2. The van der Waals surface area contributed by atoms with Crippen LogP contribution < -0.4 is 15.8 Å². The highest BCUT2D eigenvalue weighted by Crippen LogP contribution is 2.16. The van der Waals surface area contributed by atoms with Crippen LogP contribution >= 0.6 is 0 Å². The molecule has 0 heterocycles. The van der Waals surface area contributed by atoms with Crippen molar-refractivity contribution in [2.75, 3.05) is 0 Å². The van der Waals surface area contributed by atoms with Gasteiger partial charge in [0.25, 0.3) is 0 Å². The Bertz CT molecular complexity index is 871. The van der Waals surface area contributed by atoms with E-state index in [1.807, 2.05) is 30.3 Å². The Kier molecular flexibility index (Phi) is 7.72. The van der Waals surface area contributed by atoms with Crippen molar-refractivity contribution in [2.45, 2.75) is 51.8 Å². The van der Waals surface area contributed by atoms with Crippen LogP contribution in [0.3, 0.4) is 0 Å². The molecule has 0 aliphatic heterocycles. The molecular formula is C23H28N2O5. The fourth-order valence-corrected chi connectivity index (χ4v) is 2.61. The van der Waals surface area contributed by atoms with Gasteiger partial charge in [0.2, 0.25) is 0 Å². The smallest absolute Gasteiger partial charge is 0.408 e. The number of hydrogen-bond acceptors (Lipinski definition) is 6. The van der Waals surface area contributed by atoms with E-state index in [2.05, 4.69) is 5.32 Å². The number of esters is 1. The van der Waals surface area contributed by atoms with Crippen LogP contribution in [0.1, 0.15) is 43.6 Å². The first-order chi connectivity index (χ1) is 14.0. The second kappa shape index (κ2) is 10.0. The van der Waals surface area contributed by atoms with E-state index >= 15 is 0 Å². The average molecular weight is 412 g/mol. The number of nitrogens with two attached hydrogens (primary N) is 1. The lowest BCUT2D eigenvalue weighted by molar-refractivity contribution is -0.135. The van der Waals surface area contributed by atoms with Gasteiger partial charge in [0, 0.05) is 12.0 Å². The number of ether oxygens (including phenoxy) is 2. The third-order valence-corrected chi connectivity index (χ3v) is 4.02. The Morgan fingerprint density at radius 2 is 1.60 bits per heavy atom. The average Bonchev–Trinajstić information content (AvgIpc) is 2.66. The molecule has 0 saturated carbocycles. The Balaban J connectivity index is 2.18. The third kappa shape index (κ3) is 7.33. The van der Waals surface area contributed by atoms with E-state index in [9.17, 15) is 14.4 Å². The summed E-state index contributed by atoms with van der Waals surface area (Å²) in [7, 11) is 0. The van der Waals surface area contributed by atoms with Gasteiger partial charge in [-0.15, -0.1) is 0 Å². The predicted octanol–water partition coefficient (Wildman–Crippen LogP) is 3.26. The summed E-state index contributed by atoms with van der Waals surface area (Å²) in [6.07, 6.45) is -0.361. The number of carbonyl (C=O) groups excluding carboxylic acids is 3. The molecule has 0 aromatic heterocycles. The Morgan fingerprint density at radius 3 is 2.13 bits per heavy atom. The van der Waals surface area contributed by atoms with Gasteiger partial charge in [-0.2, -0.15) is 0 Å². The lowest BCUT2D eigenvalue weighted by Gasteiger charge is -2.23. The van der Waals surface area contributed by atoms with Crippen molar-refractivity contribution in [2.24, 2.45) is 5.73 Å². The fraction of sp³-hybridized carbons (Fsp3) is 0.348. The van der Waals surface area contributed by atoms with Gasteiger partial charge in [-0.05, 0) is 57.5 Å². The summed E-state index contributed by atoms with van der Waals surface area (Å²) in [4.78, 5) is 37.0. The topological polar surface area (TPSA) is 108 Å². The van der Waals surface area contributed by atoms with Crippen molar-refractivity contribution >= 4 is 17.8 Å². The van der Waals surface area contributed by atoms with Crippen molar-refractivity contribution in [1.29, 1.82) is 0 Å². The second-order valence-corrected chi connectivity index (χ2v) is 7.99. The molecule has 2 aromatic rings. The van der Waals surface area contributed by atoms with Crippen LogP contribution in [0, 0.1) is 0 Å². The minimum Gasteiger partial charge on any atom is -0.444 e. The molecule has 0 unspecified atom stereocenters. The quantitative estimate of drug-likeness (QED) is 0.411. The number of hydrogen-bond donors (Lipinski definition) is 2. The Hall–Kier alpha value is -3.19. The highest BCUT2D eigenvalue weighted by molar-refractivity contribution is 6.01. The zero-order chi connectivity index (χ0) is 22.3. The summed E-state index contributed by atoms with van der Waals surface area (Å²) >= 11 is 0. The molecule has 7 nitrogen and oxygen atoms in total. The van der Waals surface area contributed by atoms with Gasteiger partial charge in [0.1, 0.15) is 17.4 Å². The first-order valence-corrected chi connectivity index (χ1v) is 9.70. The number of carbonyl (C=O) groups is 3. The second-order valence-electron chi connectivity index (χ2n) is 7.99. The maximum absolute atomic E-state index is 13.1. The number of nitrogens with one attached hydrogen (secondary N) is 1. The van der Waals surface area contributed by atoms with Gasteiger partial charge < -0.3 is 20.5 Å². The first kappa shape index (κ1) is 23.1. The summed E-state index contributed by atoms with van der Waals surface area (Å²) in [5.41, 5.74) is 6.07. The Labute approximate surface area is 176 Å². The lowest BCUT2D eigenvalue weighted by atomic mass is 9.97. The van der Waals surface area contributed by atoms with Crippen molar-refractivity contribution in [1.82, 2.24) is 5.32 Å². The fourth-order valence-electron chi connectivity index (χ4n) is 2.61. The summed E-state index contributed by atoms with van der Waals surface area (Å²) < 4.78 is 10.4. The van der Waals surface area contributed by atoms with Crippen molar-refractivity contribution < 1.29 is 23.9 Å². The highest BCUT2D eigenvalue weighted by atomic mass is 16.6. The van der Waals surface area contributed by atoms with E-state index in [4.69, 9.17) is 15.2 Å². The van der Waals surface area contributed by atoms with Crippen LogP contribution in [0.5, 0.6) is 5.75 Å². The van der Waals surface area contributed by atoms with Crippen molar-refractivity contribution in [3.05, 3.63) is 65.7 Å². The minimum absolute atomic E-state index is 0.283. The molecule has 2 aromatic carbocycles. The molecule has 2 rings (SSSR count). The molecule has 160 valence electrons. The first-order valence-electron chi connectivity index (χ1n) is 9.70. The van der Waals surface area contributed by atoms with Crippen molar-refractivity contribution in [3.8, 4) is 5.75 Å². The summed E-state index contributed by atoms with van der Waals surface area (Å²) in [5, 5.41) is 2.67. The zero-order valence-electron chi connectivity index (χ0n) is 17.7. The van der Waals surface area contributed by atoms with E-state index in [1.165, 1.54) is 19.1 Å². The predicted molar refractivity (Wildman–Crippen MR) is 113 cm³/mol. The lowest BCUT2D eigenvalue weighted by Crippen LogP contribution is -2.44. The molecule has 0 bridgehead atoms. The van der Waals surface area contributed by atoms with E-state index in [1.54, 1.807) is 32.9 Å². The molecule has 0 aliphatic rings. The van der Waals surface area contributed by atoms with E-state index in [0.717, 1.165) is 5.56 Å². The van der Waals surface area contributed by atoms with E-state index in [-0.39, 0.29) is 11.5 Å². The zero-order valence-corrected chi connectivity index (χ0v) is 17.7. The van der Waals surface area contributed by atoms with Crippen LogP contribution in [0.25, 0.3) is 0 Å². The monoisotopic (exact) mass is 412 g/mol. The molecule has 3 N–H and O–H groups in total. The largest absolute Gasteiger partial charge is 0.444 e. The molecule has 0 fully saturated rings. The summed E-state index contributed by atoms with van der Waals surface area (Å²) in [5.74, 6) is -0.564. The molecule has 0 saturated heterocycles. The standard InChI is InChI=1S/C23H28N2O5/c1-15(24)21(27)29-18-12-10-17(11-13-18)20(26)19(14-16-8-6-5-7-9-16)25-22(28)30-23(2,3)4/h5-13,15,19H,14,24H2,1-4H3,(H,25,28)/t15-,19+/m0/s1. The number of ketones is 1.